The summed E-state index contributed by atoms with van der Waals surface area (Å²) >= 11 is 3.39. The first-order valence-corrected chi connectivity index (χ1v) is 9.57. The number of halogens is 2. The Hall–Kier alpha value is -0.630. The van der Waals surface area contributed by atoms with Gasteiger partial charge < -0.3 is 11.1 Å². The minimum atomic E-state index is -3.09. The van der Waals surface area contributed by atoms with Crippen LogP contribution in [0.25, 0.3) is 0 Å². The summed E-state index contributed by atoms with van der Waals surface area (Å²) in [5.74, 6) is -0.522. The molecule has 1 rings (SSSR count). The van der Waals surface area contributed by atoms with Gasteiger partial charge in [-0.25, -0.2) is 8.42 Å². The second kappa shape index (κ2) is 10.2. The first-order valence-electron chi connectivity index (χ1n) is 6.72. The summed E-state index contributed by atoms with van der Waals surface area (Å²) in [4.78, 5) is 12.1. The van der Waals surface area contributed by atoms with E-state index in [2.05, 4.69) is 21.2 Å². The zero-order chi connectivity index (χ0) is 15.9. The highest BCUT2D eigenvalue weighted by atomic mass is 79.9. The molecule has 1 atom stereocenters. The molecule has 0 spiro atoms. The topological polar surface area (TPSA) is 89.3 Å². The van der Waals surface area contributed by atoms with Gasteiger partial charge in [-0.05, 0) is 30.5 Å². The highest BCUT2D eigenvalue weighted by Gasteiger charge is 2.20. The second-order valence-electron chi connectivity index (χ2n) is 5.03. The van der Waals surface area contributed by atoms with Gasteiger partial charge >= 0.3 is 0 Å². The lowest BCUT2D eigenvalue weighted by Crippen LogP contribution is -2.36. The van der Waals surface area contributed by atoms with Crippen LogP contribution >= 0.6 is 28.3 Å². The van der Waals surface area contributed by atoms with Gasteiger partial charge in [0.1, 0.15) is 9.84 Å². The number of hydrogen-bond acceptors (Lipinski definition) is 4. The SMILES string of the molecule is CS(=O)(=O)CCC(Cc1cccc(Br)c1)C(=O)NCCN.Cl. The van der Waals surface area contributed by atoms with Gasteiger partial charge in [-0.2, -0.15) is 0 Å². The maximum atomic E-state index is 12.1. The molecule has 126 valence electrons. The molecule has 5 nitrogen and oxygen atoms in total. The van der Waals surface area contributed by atoms with Gasteiger partial charge in [0, 0.05) is 29.7 Å². The van der Waals surface area contributed by atoms with Crippen molar-refractivity contribution in [2.45, 2.75) is 12.8 Å². The molecular weight excluding hydrogens is 392 g/mol. The third-order valence-corrected chi connectivity index (χ3v) is 4.49. The Labute approximate surface area is 146 Å². The Morgan fingerprint density at radius 1 is 1.41 bits per heavy atom. The van der Waals surface area contributed by atoms with E-state index in [4.69, 9.17) is 5.73 Å². The number of benzene rings is 1. The average Bonchev–Trinajstić information content (AvgIpc) is 2.39. The van der Waals surface area contributed by atoms with E-state index in [1.54, 1.807) is 0 Å². The van der Waals surface area contributed by atoms with E-state index < -0.39 is 9.84 Å². The van der Waals surface area contributed by atoms with Crippen LogP contribution < -0.4 is 11.1 Å². The molecule has 1 aromatic rings. The Morgan fingerprint density at radius 2 is 2.09 bits per heavy atom. The summed E-state index contributed by atoms with van der Waals surface area (Å²) in [6.45, 7) is 0.758. The van der Waals surface area contributed by atoms with Crippen molar-refractivity contribution < 1.29 is 13.2 Å². The number of nitrogens with two attached hydrogens (primary N) is 1. The van der Waals surface area contributed by atoms with Crippen molar-refractivity contribution in [3.05, 3.63) is 34.3 Å². The molecular formula is C14H22BrClN2O3S. The molecule has 0 aromatic heterocycles. The van der Waals surface area contributed by atoms with E-state index in [9.17, 15) is 13.2 Å². The fourth-order valence-electron chi connectivity index (χ4n) is 1.97. The molecule has 0 aliphatic rings. The lowest BCUT2D eigenvalue weighted by Gasteiger charge is -2.16. The van der Waals surface area contributed by atoms with Crippen molar-refractivity contribution in [2.75, 3.05) is 25.1 Å². The Balaban J connectivity index is 0.00000441. The first kappa shape index (κ1) is 21.4. The largest absolute Gasteiger partial charge is 0.355 e. The van der Waals surface area contributed by atoms with Crippen LogP contribution in [0.2, 0.25) is 0 Å². The third kappa shape index (κ3) is 8.73. The number of carbonyl (C=O) groups is 1. The Morgan fingerprint density at radius 3 is 2.64 bits per heavy atom. The molecule has 8 heteroatoms. The van der Waals surface area contributed by atoms with E-state index in [1.165, 1.54) is 6.26 Å². The van der Waals surface area contributed by atoms with Crippen LogP contribution in [0.1, 0.15) is 12.0 Å². The zero-order valence-corrected chi connectivity index (χ0v) is 15.6. The molecule has 0 fully saturated rings. The van der Waals surface area contributed by atoms with Gasteiger partial charge in [0.2, 0.25) is 5.91 Å². The maximum Gasteiger partial charge on any atom is 0.223 e. The van der Waals surface area contributed by atoms with E-state index in [-0.39, 0.29) is 30.0 Å². The lowest BCUT2D eigenvalue weighted by molar-refractivity contribution is -0.124. The van der Waals surface area contributed by atoms with Crippen LogP contribution in [-0.2, 0) is 21.1 Å². The predicted octanol–water partition coefficient (Wildman–Crippen LogP) is 1.54. The van der Waals surface area contributed by atoms with Crippen molar-refractivity contribution in [1.82, 2.24) is 5.32 Å². The average molecular weight is 414 g/mol. The van der Waals surface area contributed by atoms with Crippen LogP contribution in [0.15, 0.2) is 28.7 Å². The van der Waals surface area contributed by atoms with E-state index in [0.29, 0.717) is 25.9 Å². The van der Waals surface area contributed by atoms with E-state index >= 15 is 0 Å². The molecule has 22 heavy (non-hydrogen) atoms. The quantitative estimate of drug-likeness (QED) is 0.676. The summed E-state index contributed by atoms with van der Waals surface area (Å²) in [7, 11) is -3.09. The molecule has 1 unspecified atom stereocenters. The highest BCUT2D eigenvalue weighted by Crippen LogP contribution is 2.18. The third-order valence-electron chi connectivity index (χ3n) is 3.02. The predicted molar refractivity (Wildman–Crippen MR) is 95.0 cm³/mol. The van der Waals surface area contributed by atoms with Gasteiger partial charge in [0.25, 0.3) is 0 Å². The van der Waals surface area contributed by atoms with E-state index in [1.807, 2.05) is 24.3 Å². The molecule has 3 N–H and O–H groups in total. The number of rotatable bonds is 8. The van der Waals surface area contributed by atoms with Crippen LogP contribution in [0.5, 0.6) is 0 Å². The van der Waals surface area contributed by atoms with Crippen molar-refractivity contribution in [3.8, 4) is 0 Å². The zero-order valence-electron chi connectivity index (χ0n) is 12.4. The second-order valence-corrected chi connectivity index (χ2v) is 8.20. The molecule has 0 bridgehead atoms. The number of sulfone groups is 1. The summed E-state index contributed by atoms with van der Waals surface area (Å²) in [6.07, 6.45) is 1.99. The molecule has 0 saturated heterocycles. The van der Waals surface area contributed by atoms with Crippen LogP contribution in [0.3, 0.4) is 0 Å². The van der Waals surface area contributed by atoms with Gasteiger partial charge in [-0.15, -0.1) is 12.4 Å². The van der Waals surface area contributed by atoms with Crippen LogP contribution in [-0.4, -0.2) is 39.4 Å². The van der Waals surface area contributed by atoms with Gasteiger partial charge in [0.15, 0.2) is 0 Å². The molecule has 1 amide bonds. The van der Waals surface area contributed by atoms with Crippen molar-refractivity contribution in [1.29, 1.82) is 0 Å². The van der Waals surface area contributed by atoms with E-state index in [0.717, 1.165) is 10.0 Å². The van der Waals surface area contributed by atoms with Crippen LogP contribution in [0, 0.1) is 5.92 Å². The van der Waals surface area contributed by atoms with Crippen molar-refractivity contribution >= 4 is 44.1 Å². The molecule has 1 aromatic carbocycles. The highest BCUT2D eigenvalue weighted by molar-refractivity contribution is 9.10. The first-order chi connectivity index (χ1) is 9.81. The minimum absolute atomic E-state index is 0. The van der Waals surface area contributed by atoms with Gasteiger partial charge in [-0.1, -0.05) is 28.1 Å². The molecule has 0 radical (unpaired) electrons. The lowest BCUT2D eigenvalue weighted by atomic mass is 9.96. The normalized spacial score (nSPS) is 12.3. The van der Waals surface area contributed by atoms with Gasteiger partial charge in [-0.3, -0.25) is 4.79 Å². The monoisotopic (exact) mass is 412 g/mol. The summed E-state index contributed by atoms with van der Waals surface area (Å²) in [5, 5.41) is 2.73. The fraction of sp³-hybridized carbons (Fsp3) is 0.500. The summed E-state index contributed by atoms with van der Waals surface area (Å²) in [6, 6.07) is 7.66. The molecule has 0 aliphatic carbocycles. The maximum absolute atomic E-state index is 12.1. The standard InChI is InChI=1S/C14H21BrN2O3S.ClH/c1-21(19,20)8-5-12(14(18)17-7-6-16)9-11-3-2-4-13(15)10-11;/h2-4,10,12H,5-9,16H2,1H3,(H,17,18);1H. The van der Waals surface area contributed by atoms with Crippen molar-refractivity contribution in [2.24, 2.45) is 11.7 Å². The Kier molecular flexibility index (Phi) is 9.91. The number of hydrogen-bond donors (Lipinski definition) is 2. The number of nitrogens with one attached hydrogen (secondary N) is 1. The van der Waals surface area contributed by atoms with Crippen molar-refractivity contribution in [3.63, 3.8) is 0 Å². The number of amides is 1. The molecule has 0 aliphatic heterocycles. The summed E-state index contributed by atoms with van der Waals surface area (Å²) in [5.41, 5.74) is 6.37. The minimum Gasteiger partial charge on any atom is -0.355 e. The number of carbonyl (C=O) groups excluding carboxylic acids is 1. The van der Waals surface area contributed by atoms with Crippen LogP contribution in [0.4, 0.5) is 0 Å². The summed E-state index contributed by atoms with van der Waals surface area (Å²) < 4.78 is 23.6. The van der Waals surface area contributed by atoms with Gasteiger partial charge in [0.05, 0.1) is 5.75 Å². The fourth-order valence-corrected chi connectivity index (χ4v) is 3.13. The molecule has 0 saturated carbocycles. The molecule has 0 heterocycles. The smallest absolute Gasteiger partial charge is 0.223 e. The Bertz CT molecular complexity index is 581.